The molecule has 2 aromatic rings. The van der Waals surface area contributed by atoms with Crippen molar-refractivity contribution in [3.05, 3.63) is 30.1 Å². The lowest BCUT2D eigenvalue weighted by Crippen LogP contribution is -2.29. The number of fused-ring (bicyclic) bond motifs is 1. The van der Waals surface area contributed by atoms with Gasteiger partial charge in [-0.3, -0.25) is 0 Å². The molecule has 0 amide bonds. The van der Waals surface area contributed by atoms with Gasteiger partial charge in [0, 0.05) is 12.1 Å². The summed E-state index contributed by atoms with van der Waals surface area (Å²) >= 11 is 0. The van der Waals surface area contributed by atoms with Crippen LogP contribution in [0, 0.1) is 0 Å². The largest absolute Gasteiger partial charge is 0.379 e. The topological polar surface area (TPSA) is 53.1 Å². The van der Waals surface area contributed by atoms with Gasteiger partial charge in [-0.05, 0) is 26.0 Å². The zero-order chi connectivity index (χ0) is 12.7. The molecule has 0 radical (unpaired) electrons. The maximum atomic E-state index is 6.12. The van der Waals surface area contributed by atoms with Crippen molar-refractivity contribution >= 4 is 11.0 Å². The van der Waals surface area contributed by atoms with Crippen LogP contribution in [-0.4, -0.2) is 28.8 Å². The van der Waals surface area contributed by atoms with Crippen LogP contribution in [0.3, 0.4) is 0 Å². The van der Waals surface area contributed by atoms with Crippen LogP contribution in [0.15, 0.2) is 24.3 Å². The van der Waals surface area contributed by atoms with Crippen molar-refractivity contribution in [3.8, 4) is 0 Å². The van der Waals surface area contributed by atoms with E-state index in [1.807, 2.05) is 6.07 Å². The van der Waals surface area contributed by atoms with E-state index in [0.717, 1.165) is 11.3 Å². The fourth-order valence-electron chi connectivity index (χ4n) is 2.70. The third-order valence-electron chi connectivity index (χ3n) is 3.60. The Kier molecular flexibility index (Phi) is 2.84. The predicted molar refractivity (Wildman–Crippen MR) is 71.7 cm³/mol. The Hall–Kier alpha value is -1.39. The zero-order valence-corrected chi connectivity index (χ0v) is 10.8. The first kappa shape index (κ1) is 11.7. The van der Waals surface area contributed by atoms with Gasteiger partial charge in [-0.15, -0.1) is 0 Å². The molecule has 1 aromatic heterocycles. The first-order valence-corrected chi connectivity index (χ1v) is 6.48. The molecule has 2 unspecified atom stereocenters. The zero-order valence-electron chi connectivity index (χ0n) is 10.8. The molecule has 0 bridgehead atoms. The second-order valence-electron chi connectivity index (χ2n) is 5.23. The molecule has 1 aromatic carbocycles. The summed E-state index contributed by atoms with van der Waals surface area (Å²) < 4.78 is 7.76. The highest BCUT2D eigenvalue weighted by atomic mass is 16.5. The van der Waals surface area contributed by atoms with E-state index in [9.17, 15) is 0 Å². The molecule has 0 aliphatic carbocycles. The Labute approximate surface area is 107 Å². The van der Waals surface area contributed by atoms with Crippen LogP contribution in [-0.2, 0) is 4.74 Å². The van der Waals surface area contributed by atoms with E-state index in [4.69, 9.17) is 15.5 Å². The van der Waals surface area contributed by atoms with E-state index in [1.54, 1.807) is 0 Å². The lowest BCUT2D eigenvalue weighted by molar-refractivity contribution is 0.190. The Morgan fingerprint density at radius 3 is 2.78 bits per heavy atom. The lowest BCUT2D eigenvalue weighted by atomic mass is 10.0. The fourth-order valence-corrected chi connectivity index (χ4v) is 2.70. The summed E-state index contributed by atoms with van der Waals surface area (Å²) in [6, 6.07) is 8.68. The van der Waals surface area contributed by atoms with E-state index >= 15 is 0 Å². The minimum absolute atomic E-state index is 0.0549. The van der Waals surface area contributed by atoms with Gasteiger partial charge in [-0.2, -0.15) is 0 Å². The van der Waals surface area contributed by atoms with Crippen LogP contribution in [0.4, 0.5) is 0 Å². The van der Waals surface area contributed by atoms with E-state index in [2.05, 4.69) is 36.6 Å². The predicted octanol–water partition coefficient (Wildman–Crippen LogP) is 2.06. The molecule has 1 fully saturated rings. The van der Waals surface area contributed by atoms with Gasteiger partial charge >= 0.3 is 0 Å². The molecule has 4 nitrogen and oxygen atoms in total. The van der Waals surface area contributed by atoms with E-state index < -0.39 is 0 Å². The fraction of sp³-hybridized carbons (Fsp3) is 0.500. The number of hydrogen-bond acceptors (Lipinski definition) is 3. The lowest BCUT2D eigenvalue weighted by Gasteiger charge is -2.18. The number of benzene rings is 1. The SMILES string of the molecule is CC(C)n1c(C2COCC2N)nc2ccccc21. The number of para-hydroxylation sites is 2. The number of rotatable bonds is 2. The van der Waals surface area contributed by atoms with Crippen LogP contribution >= 0.6 is 0 Å². The van der Waals surface area contributed by atoms with E-state index in [1.165, 1.54) is 5.52 Å². The highest BCUT2D eigenvalue weighted by molar-refractivity contribution is 5.76. The van der Waals surface area contributed by atoms with E-state index in [-0.39, 0.29) is 12.0 Å². The number of ether oxygens (including phenoxy) is 1. The highest BCUT2D eigenvalue weighted by Crippen LogP contribution is 2.30. The molecule has 3 rings (SSSR count). The number of nitrogens with two attached hydrogens (primary N) is 1. The van der Waals surface area contributed by atoms with Crippen molar-refractivity contribution in [1.29, 1.82) is 0 Å². The number of nitrogens with zero attached hydrogens (tertiary/aromatic N) is 2. The molecule has 96 valence electrons. The minimum Gasteiger partial charge on any atom is -0.379 e. The van der Waals surface area contributed by atoms with Gasteiger partial charge in [0.25, 0.3) is 0 Å². The minimum atomic E-state index is 0.0549. The number of imidazole rings is 1. The van der Waals surface area contributed by atoms with Gasteiger partial charge in [0.1, 0.15) is 5.82 Å². The van der Waals surface area contributed by atoms with Crippen molar-refractivity contribution < 1.29 is 4.74 Å². The average molecular weight is 245 g/mol. The van der Waals surface area contributed by atoms with Crippen molar-refractivity contribution in [2.45, 2.75) is 31.8 Å². The molecule has 0 saturated carbocycles. The summed E-state index contributed by atoms with van der Waals surface area (Å²) in [5.74, 6) is 1.27. The van der Waals surface area contributed by atoms with Crippen LogP contribution in [0.5, 0.6) is 0 Å². The van der Waals surface area contributed by atoms with Gasteiger partial charge < -0.3 is 15.0 Å². The average Bonchev–Trinajstić information content (AvgIpc) is 2.91. The third kappa shape index (κ3) is 1.72. The Bertz CT molecular complexity index is 561. The van der Waals surface area contributed by atoms with E-state index in [0.29, 0.717) is 19.3 Å². The summed E-state index contributed by atoms with van der Waals surface area (Å²) in [5.41, 5.74) is 8.35. The van der Waals surface area contributed by atoms with Gasteiger partial charge in [0.15, 0.2) is 0 Å². The monoisotopic (exact) mass is 245 g/mol. The van der Waals surface area contributed by atoms with Crippen molar-refractivity contribution in [2.24, 2.45) is 5.73 Å². The summed E-state index contributed by atoms with van der Waals surface area (Å²) in [7, 11) is 0. The first-order valence-electron chi connectivity index (χ1n) is 6.48. The highest BCUT2D eigenvalue weighted by Gasteiger charge is 2.31. The molecule has 2 atom stereocenters. The van der Waals surface area contributed by atoms with Gasteiger partial charge in [-0.25, -0.2) is 4.98 Å². The number of hydrogen-bond donors (Lipinski definition) is 1. The van der Waals surface area contributed by atoms with Gasteiger partial charge in [-0.1, -0.05) is 12.1 Å². The molecule has 4 heteroatoms. The van der Waals surface area contributed by atoms with Crippen molar-refractivity contribution in [2.75, 3.05) is 13.2 Å². The smallest absolute Gasteiger partial charge is 0.117 e. The molecular formula is C14H19N3O. The first-order chi connectivity index (χ1) is 8.68. The second kappa shape index (κ2) is 4.37. The molecule has 1 aliphatic heterocycles. The standard InChI is InChI=1S/C14H19N3O/c1-9(2)17-13-6-4-3-5-12(13)16-14(17)10-7-18-8-11(10)15/h3-6,9-11H,7-8,15H2,1-2H3. The van der Waals surface area contributed by atoms with Crippen molar-refractivity contribution in [1.82, 2.24) is 9.55 Å². The molecule has 2 heterocycles. The summed E-state index contributed by atoms with van der Waals surface area (Å²) in [5, 5.41) is 0. The van der Waals surface area contributed by atoms with Crippen LogP contribution in [0.2, 0.25) is 0 Å². The molecule has 2 N–H and O–H groups in total. The molecule has 0 spiro atoms. The Morgan fingerprint density at radius 1 is 1.33 bits per heavy atom. The van der Waals surface area contributed by atoms with Crippen LogP contribution in [0.1, 0.15) is 31.6 Å². The third-order valence-corrected chi connectivity index (χ3v) is 3.60. The maximum Gasteiger partial charge on any atom is 0.117 e. The molecule has 1 aliphatic rings. The second-order valence-corrected chi connectivity index (χ2v) is 5.23. The molecule has 1 saturated heterocycles. The Balaban J connectivity index is 2.18. The Morgan fingerprint density at radius 2 is 2.11 bits per heavy atom. The summed E-state index contributed by atoms with van der Waals surface area (Å²) in [4.78, 5) is 4.77. The quantitative estimate of drug-likeness (QED) is 0.881. The maximum absolute atomic E-state index is 6.12. The summed E-state index contributed by atoms with van der Waals surface area (Å²) in [6.45, 7) is 5.67. The van der Waals surface area contributed by atoms with Gasteiger partial charge in [0.05, 0.1) is 30.2 Å². The summed E-state index contributed by atoms with van der Waals surface area (Å²) in [6.07, 6.45) is 0. The normalized spacial score (nSPS) is 24.2. The molecular weight excluding hydrogens is 226 g/mol. The molecule has 18 heavy (non-hydrogen) atoms. The van der Waals surface area contributed by atoms with Crippen LogP contribution in [0.25, 0.3) is 11.0 Å². The number of aromatic nitrogens is 2. The van der Waals surface area contributed by atoms with Crippen molar-refractivity contribution in [3.63, 3.8) is 0 Å². The van der Waals surface area contributed by atoms with Gasteiger partial charge in [0.2, 0.25) is 0 Å². The van der Waals surface area contributed by atoms with Crippen LogP contribution < -0.4 is 5.73 Å².